The molecule has 0 aliphatic rings. The number of likely N-dealkylation sites (N-methyl/N-ethyl adjacent to an activating group) is 1. The summed E-state index contributed by atoms with van der Waals surface area (Å²) in [4.78, 5) is 12.6. The van der Waals surface area contributed by atoms with Crippen molar-refractivity contribution in [3.8, 4) is 0 Å². The highest BCUT2D eigenvalue weighted by Crippen LogP contribution is 2.25. The normalized spacial score (nSPS) is 13.6. The summed E-state index contributed by atoms with van der Waals surface area (Å²) in [5.74, 6) is 0.00230. The van der Waals surface area contributed by atoms with E-state index in [9.17, 15) is 4.79 Å². The minimum Gasteiger partial charge on any atom is -0.326 e. The summed E-state index contributed by atoms with van der Waals surface area (Å²) < 4.78 is 0.820. The molecule has 166 valence electrons. The third-order valence-electron chi connectivity index (χ3n) is 5.82. The van der Waals surface area contributed by atoms with Crippen LogP contribution in [0.15, 0.2) is 24.3 Å². The topological polar surface area (TPSA) is 121 Å². The predicted molar refractivity (Wildman–Crippen MR) is 123 cm³/mol. The van der Waals surface area contributed by atoms with E-state index in [0.717, 1.165) is 41.4 Å². The Morgan fingerprint density at radius 1 is 1.07 bits per heavy atom. The minimum atomic E-state index is -0.493. The van der Waals surface area contributed by atoms with Crippen molar-refractivity contribution in [2.75, 3.05) is 39.8 Å². The first-order chi connectivity index (χ1) is 14.1. The van der Waals surface area contributed by atoms with Gasteiger partial charge in [-0.1, -0.05) is 26.8 Å². The smallest absolute Gasteiger partial charge is 0.155 e. The molecule has 0 amide bonds. The van der Waals surface area contributed by atoms with Crippen LogP contribution in [0.25, 0.3) is 10.9 Å². The number of carbonyl (C=O) groups excluding carboxylic acids is 1. The van der Waals surface area contributed by atoms with Crippen LogP contribution in [0.5, 0.6) is 0 Å². The molecule has 0 aliphatic carbocycles. The van der Waals surface area contributed by atoms with Crippen LogP contribution < -0.4 is 17.2 Å². The number of hydrogen-bond donors (Lipinski definition) is 3. The van der Waals surface area contributed by atoms with Gasteiger partial charge in [0.1, 0.15) is 0 Å². The molecule has 6 N–H and O–H groups in total. The standard InChI is InChI=1S/C23H39N6O/c1-23(2,3)18-7-8-21-17(14-18)15-19(27-28-21)16-22(30)20(26)6-5-11-29(4,12-9-24)13-10-25/h7-8,14-15,20H,5-6,9-13,16,24-26H2,1-4H3/q+1/t20-/m1/s1. The molecule has 0 aliphatic heterocycles. The van der Waals surface area contributed by atoms with E-state index in [2.05, 4.69) is 50.1 Å². The summed E-state index contributed by atoms with van der Waals surface area (Å²) in [5, 5.41) is 9.52. The van der Waals surface area contributed by atoms with E-state index in [1.165, 1.54) is 5.56 Å². The number of hydrogen-bond acceptors (Lipinski definition) is 6. The molecule has 2 aromatic rings. The van der Waals surface area contributed by atoms with Crippen molar-refractivity contribution in [1.29, 1.82) is 0 Å². The SMILES string of the molecule is CC(C)(C)c1ccc2nnc(CC(=O)[C@H](N)CCC[N+](C)(CCN)CCN)cc2c1. The van der Waals surface area contributed by atoms with Gasteiger partial charge in [-0.25, -0.2) is 0 Å². The van der Waals surface area contributed by atoms with E-state index < -0.39 is 6.04 Å². The van der Waals surface area contributed by atoms with E-state index in [4.69, 9.17) is 17.2 Å². The third-order valence-corrected chi connectivity index (χ3v) is 5.82. The molecule has 1 aromatic carbocycles. The van der Waals surface area contributed by atoms with Crippen LogP contribution in [0.1, 0.15) is 44.9 Å². The van der Waals surface area contributed by atoms with Crippen molar-refractivity contribution in [1.82, 2.24) is 10.2 Å². The Kier molecular flexibility index (Phi) is 8.43. The van der Waals surface area contributed by atoms with Gasteiger partial charge in [-0.3, -0.25) is 4.79 Å². The van der Waals surface area contributed by atoms with E-state index in [1.807, 2.05) is 12.1 Å². The summed E-state index contributed by atoms with van der Waals surface area (Å²) in [7, 11) is 2.16. The first kappa shape index (κ1) is 24.3. The molecule has 0 spiro atoms. The number of carbonyl (C=O) groups is 1. The summed E-state index contributed by atoms with van der Waals surface area (Å²) in [6.45, 7) is 10.5. The second kappa shape index (κ2) is 10.4. The molecular formula is C23H39N6O+. The van der Waals surface area contributed by atoms with Crippen LogP contribution in [-0.2, 0) is 16.6 Å². The number of ketones is 1. The van der Waals surface area contributed by atoms with Crippen LogP contribution >= 0.6 is 0 Å². The number of quaternary nitrogens is 1. The van der Waals surface area contributed by atoms with E-state index in [-0.39, 0.29) is 17.6 Å². The van der Waals surface area contributed by atoms with Crippen molar-refractivity contribution in [3.05, 3.63) is 35.5 Å². The summed E-state index contributed by atoms with van der Waals surface area (Å²) in [6, 6.07) is 7.66. The van der Waals surface area contributed by atoms with Crippen molar-refractivity contribution >= 4 is 16.7 Å². The van der Waals surface area contributed by atoms with Gasteiger partial charge in [-0.2, -0.15) is 10.2 Å². The molecule has 0 saturated carbocycles. The molecule has 0 fully saturated rings. The number of fused-ring (bicyclic) bond motifs is 1. The van der Waals surface area contributed by atoms with E-state index in [0.29, 0.717) is 25.2 Å². The van der Waals surface area contributed by atoms with Crippen LogP contribution in [0.4, 0.5) is 0 Å². The second-order valence-corrected chi connectivity index (χ2v) is 9.62. The van der Waals surface area contributed by atoms with Gasteiger partial charge in [0.05, 0.1) is 50.4 Å². The van der Waals surface area contributed by atoms with Crippen molar-refractivity contribution < 1.29 is 9.28 Å². The first-order valence-electron chi connectivity index (χ1n) is 10.9. The Morgan fingerprint density at radius 2 is 1.73 bits per heavy atom. The van der Waals surface area contributed by atoms with Crippen LogP contribution in [-0.4, -0.2) is 66.3 Å². The molecule has 7 nitrogen and oxygen atoms in total. The lowest BCUT2D eigenvalue weighted by molar-refractivity contribution is -0.907. The minimum absolute atomic E-state index is 0.00230. The lowest BCUT2D eigenvalue weighted by Gasteiger charge is -2.34. The van der Waals surface area contributed by atoms with Gasteiger partial charge in [0, 0.05) is 18.5 Å². The van der Waals surface area contributed by atoms with Crippen LogP contribution in [0.3, 0.4) is 0 Å². The molecule has 7 heteroatoms. The Labute approximate surface area is 180 Å². The number of aromatic nitrogens is 2. The zero-order valence-electron chi connectivity index (χ0n) is 19.0. The summed E-state index contributed by atoms with van der Waals surface area (Å²) in [5.41, 5.74) is 20.4. The zero-order valence-corrected chi connectivity index (χ0v) is 19.0. The van der Waals surface area contributed by atoms with Gasteiger partial charge >= 0.3 is 0 Å². The Bertz CT molecular complexity index is 839. The van der Waals surface area contributed by atoms with Gasteiger partial charge in [0.25, 0.3) is 0 Å². The van der Waals surface area contributed by atoms with E-state index >= 15 is 0 Å². The van der Waals surface area contributed by atoms with Gasteiger partial charge in [-0.05, 0) is 42.0 Å². The molecule has 0 radical (unpaired) electrons. The fraction of sp³-hybridized carbons (Fsp3) is 0.609. The van der Waals surface area contributed by atoms with Crippen LogP contribution in [0.2, 0.25) is 0 Å². The fourth-order valence-corrected chi connectivity index (χ4v) is 3.76. The molecule has 2 rings (SSSR count). The largest absolute Gasteiger partial charge is 0.326 e. The summed E-state index contributed by atoms with van der Waals surface area (Å²) in [6.07, 6.45) is 1.72. The van der Waals surface area contributed by atoms with Gasteiger partial charge in [0.15, 0.2) is 5.78 Å². The maximum atomic E-state index is 12.6. The third kappa shape index (κ3) is 6.80. The number of nitrogens with two attached hydrogens (primary N) is 3. The number of benzene rings is 1. The first-order valence-corrected chi connectivity index (χ1v) is 10.9. The molecule has 30 heavy (non-hydrogen) atoms. The molecular weight excluding hydrogens is 376 g/mol. The lowest BCUT2D eigenvalue weighted by atomic mass is 9.86. The molecule has 1 aromatic heterocycles. The average Bonchev–Trinajstić information content (AvgIpc) is 2.67. The molecule has 1 atom stereocenters. The quantitative estimate of drug-likeness (QED) is 0.478. The van der Waals surface area contributed by atoms with Crippen LogP contribution in [0, 0.1) is 0 Å². The average molecular weight is 416 g/mol. The van der Waals surface area contributed by atoms with Gasteiger partial charge in [-0.15, -0.1) is 0 Å². The van der Waals surface area contributed by atoms with Crippen molar-refractivity contribution in [3.63, 3.8) is 0 Å². The van der Waals surface area contributed by atoms with Gasteiger partial charge in [0.2, 0.25) is 0 Å². The second-order valence-electron chi connectivity index (χ2n) is 9.62. The number of nitrogens with zero attached hydrogens (tertiary/aromatic N) is 3. The number of Topliss-reactive ketones (excluding diaryl/α,β-unsaturated/α-hetero) is 1. The fourth-order valence-electron chi connectivity index (χ4n) is 3.76. The maximum Gasteiger partial charge on any atom is 0.155 e. The molecule has 0 bridgehead atoms. The van der Waals surface area contributed by atoms with Gasteiger partial charge < -0.3 is 21.7 Å². The Hall–Kier alpha value is -1.93. The molecule has 0 unspecified atom stereocenters. The highest BCUT2D eigenvalue weighted by atomic mass is 16.1. The summed E-state index contributed by atoms with van der Waals surface area (Å²) >= 11 is 0. The zero-order chi connectivity index (χ0) is 22.4. The monoisotopic (exact) mass is 415 g/mol. The van der Waals surface area contributed by atoms with E-state index in [1.54, 1.807) is 0 Å². The van der Waals surface area contributed by atoms with Crippen molar-refractivity contribution in [2.45, 2.75) is 51.5 Å². The highest BCUT2D eigenvalue weighted by molar-refractivity contribution is 5.86. The number of rotatable bonds is 11. The lowest BCUT2D eigenvalue weighted by Crippen LogP contribution is -2.51. The van der Waals surface area contributed by atoms with Crippen molar-refractivity contribution in [2.24, 2.45) is 17.2 Å². The predicted octanol–water partition coefficient (Wildman–Crippen LogP) is 1.51. The Morgan fingerprint density at radius 3 is 2.33 bits per heavy atom. The molecule has 0 saturated heterocycles. The Balaban J connectivity index is 1.98. The molecule has 1 heterocycles. The highest BCUT2D eigenvalue weighted by Gasteiger charge is 2.22. The maximum absolute atomic E-state index is 12.6.